The first kappa shape index (κ1) is 40.5. The number of pyridine rings is 1. The predicted octanol–water partition coefficient (Wildman–Crippen LogP) is 14.6. The van der Waals surface area contributed by atoms with Gasteiger partial charge in [-0.05, 0) is 123 Å². The van der Waals surface area contributed by atoms with Gasteiger partial charge in [0.1, 0.15) is 0 Å². The van der Waals surface area contributed by atoms with Crippen molar-refractivity contribution in [1.82, 2.24) is 9.55 Å². The summed E-state index contributed by atoms with van der Waals surface area (Å²) in [5.41, 5.74) is 17.1. The van der Waals surface area contributed by atoms with E-state index in [0.717, 1.165) is 57.0 Å². The number of hydrogen-bond donors (Lipinski definition) is 0. The van der Waals surface area contributed by atoms with Crippen molar-refractivity contribution in [1.29, 1.82) is 0 Å². The van der Waals surface area contributed by atoms with E-state index in [1.54, 1.807) is 6.08 Å². The molecule has 6 rings (SSSR count). The zero-order valence-corrected chi connectivity index (χ0v) is 33.5. The number of hydrogen-bond acceptors (Lipinski definition) is 1. The lowest BCUT2D eigenvalue weighted by Gasteiger charge is -2.16. The highest BCUT2D eigenvalue weighted by Gasteiger charge is 2.31. The Kier molecular flexibility index (Phi) is 14.2. The number of nitrogens with zero attached hydrogens (tertiary/aromatic N) is 2. The molecular formula is C54H52N2. The topological polar surface area (TPSA) is 17.8 Å². The van der Waals surface area contributed by atoms with Crippen LogP contribution in [0.4, 0.5) is 0 Å². The average Bonchev–Trinajstić information content (AvgIpc) is 3.53. The fourth-order valence-electron chi connectivity index (χ4n) is 7.41. The fraction of sp³-hybridized carbons (Fsp3) is 0.130. The van der Waals surface area contributed by atoms with Crippen molar-refractivity contribution < 1.29 is 0 Å². The van der Waals surface area contributed by atoms with Gasteiger partial charge in [0.15, 0.2) is 0 Å². The quantitative estimate of drug-likeness (QED) is 0.111. The molecule has 0 bridgehead atoms. The van der Waals surface area contributed by atoms with E-state index in [1.165, 1.54) is 33.4 Å². The molecule has 2 aromatic carbocycles. The molecule has 56 heavy (non-hydrogen) atoms. The first-order valence-electron chi connectivity index (χ1n) is 19.1. The maximum atomic E-state index is 5.61. The standard InChI is InChI=1S/C46H42N2.C8H10/c1-9-15-24-36(12-4)48-43(14-6)40(21-11-3)37(13-5)44(48)30-32(7)34-22-19-23-35(31-34)39-26-20-27-41-45(42-28-17-18-29-47-42)33(8)38(46(39)41)25-16-10-2;1-8-6-4-2-3-5-7-8/h1,10-31,45H,2,5-6H2,3-4,7-8H3;2,4-7H,3H2,1H3/b21-11-,24-15-,25-16-,32-30+,36-12+;. The smallest absolute Gasteiger partial charge is 0.0543 e. The second-order valence-corrected chi connectivity index (χ2v) is 13.6. The average molecular weight is 729 g/mol. The third-order valence-corrected chi connectivity index (χ3v) is 10.0. The molecule has 0 spiro atoms. The number of terminal acetylenes is 1. The molecule has 0 saturated carbocycles. The second kappa shape index (κ2) is 19.6. The molecule has 2 nitrogen and oxygen atoms in total. The van der Waals surface area contributed by atoms with Crippen LogP contribution in [0.5, 0.6) is 0 Å². The molecule has 0 amide bonds. The molecule has 2 aliphatic carbocycles. The van der Waals surface area contributed by atoms with Crippen molar-refractivity contribution in [2.75, 3.05) is 0 Å². The van der Waals surface area contributed by atoms with E-state index in [-0.39, 0.29) is 5.92 Å². The second-order valence-electron chi connectivity index (χ2n) is 13.6. The molecule has 4 aromatic rings. The first-order valence-corrected chi connectivity index (χ1v) is 19.1. The van der Waals surface area contributed by atoms with Crippen molar-refractivity contribution in [3.05, 3.63) is 216 Å². The molecule has 0 N–H and O–H groups in total. The van der Waals surface area contributed by atoms with Crippen molar-refractivity contribution in [2.45, 2.75) is 47.0 Å². The van der Waals surface area contributed by atoms with E-state index < -0.39 is 0 Å². The summed E-state index contributed by atoms with van der Waals surface area (Å²) in [6.45, 7) is 22.8. The Balaban J connectivity index is 0.000000667. The molecule has 2 aromatic heterocycles. The number of fused-ring (bicyclic) bond motifs is 1. The molecule has 0 saturated heterocycles. The molecule has 1 unspecified atom stereocenters. The van der Waals surface area contributed by atoms with Gasteiger partial charge >= 0.3 is 0 Å². The fourth-order valence-corrected chi connectivity index (χ4v) is 7.41. The van der Waals surface area contributed by atoms with Gasteiger partial charge in [0.05, 0.1) is 17.1 Å². The van der Waals surface area contributed by atoms with Gasteiger partial charge in [0.25, 0.3) is 0 Å². The highest BCUT2D eigenvalue weighted by atomic mass is 15.0. The monoisotopic (exact) mass is 728 g/mol. The van der Waals surface area contributed by atoms with Crippen molar-refractivity contribution >= 4 is 41.1 Å². The SMILES string of the molecule is C#C/C=C\C(=C/C)n1c(C=C)c(/C=C\C)c(C=C)c1/C=C(\C)c1cccc(-c2cccc3c2C(/C=C\C=C)=C(C)C3c2ccccn2)c1.CC1=CC=CCC=C1. The number of benzene rings is 2. The third kappa shape index (κ3) is 8.81. The van der Waals surface area contributed by atoms with E-state index in [1.807, 2.05) is 62.6 Å². The van der Waals surface area contributed by atoms with Crippen LogP contribution in [0.25, 0.3) is 52.3 Å². The zero-order valence-electron chi connectivity index (χ0n) is 33.5. The number of rotatable bonds is 11. The summed E-state index contributed by atoms with van der Waals surface area (Å²) in [5, 5.41) is 0. The van der Waals surface area contributed by atoms with Gasteiger partial charge in [-0.15, -0.1) is 6.42 Å². The van der Waals surface area contributed by atoms with Crippen LogP contribution in [0, 0.1) is 12.3 Å². The molecule has 0 fully saturated rings. The molecule has 0 aliphatic heterocycles. The van der Waals surface area contributed by atoms with Crippen LogP contribution in [0.2, 0.25) is 0 Å². The highest BCUT2D eigenvalue weighted by Crippen LogP contribution is 2.49. The van der Waals surface area contributed by atoms with Crippen LogP contribution in [0.1, 0.15) is 91.9 Å². The van der Waals surface area contributed by atoms with E-state index >= 15 is 0 Å². The molecule has 2 aliphatic rings. The van der Waals surface area contributed by atoms with E-state index in [9.17, 15) is 0 Å². The molecule has 2 heterocycles. The molecule has 2 heteroatoms. The van der Waals surface area contributed by atoms with Gasteiger partial charge in [-0.25, -0.2) is 0 Å². The number of aromatic nitrogens is 2. The normalized spacial score (nSPS) is 15.4. The van der Waals surface area contributed by atoms with Crippen LogP contribution in [-0.2, 0) is 0 Å². The van der Waals surface area contributed by atoms with Crippen LogP contribution in [-0.4, -0.2) is 9.55 Å². The number of allylic oxidation sites excluding steroid dienone is 17. The van der Waals surface area contributed by atoms with Crippen LogP contribution < -0.4 is 0 Å². The maximum Gasteiger partial charge on any atom is 0.0543 e. The largest absolute Gasteiger partial charge is 0.310 e. The maximum absolute atomic E-state index is 5.61. The molecular weight excluding hydrogens is 677 g/mol. The molecule has 0 radical (unpaired) electrons. The van der Waals surface area contributed by atoms with Crippen LogP contribution in [0.15, 0.2) is 171 Å². The predicted molar refractivity (Wildman–Crippen MR) is 247 cm³/mol. The summed E-state index contributed by atoms with van der Waals surface area (Å²) < 4.78 is 2.20. The Morgan fingerprint density at radius 3 is 2.45 bits per heavy atom. The minimum absolute atomic E-state index is 0.0929. The summed E-state index contributed by atoms with van der Waals surface area (Å²) in [7, 11) is 0. The lowest BCUT2D eigenvalue weighted by atomic mass is 9.89. The summed E-state index contributed by atoms with van der Waals surface area (Å²) in [4.78, 5) is 4.76. The van der Waals surface area contributed by atoms with Crippen molar-refractivity contribution in [3.8, 4) is 23.5 Å². The Bertz CT molecular complexity index is 2430. The summed E-state index contributed by atoms with van der Waals surface area (Å²) >= 11 is 0. The van der Waals surface area contributed by atoms with Gasteiger partial charge in [0, 0.05) is 28.9 Å². The molecule has 278 valence electrons. The van der Waals surface area contributed by atoms with Gasteiger partial charge in [0.2, 0.25) is 0 Å². The van der Waals surface area contributed by atoms with E-state index in [0.29, 0.717) is 0 Å². The Morgan fingerprint density at radius 1 is 0.929 bits per heavy atom. The summed E-state index contributed by atoms with van der Waals surface area (Å²) in [6.07, 6.45) is 41.2. The van der Waals surface area contributed by atoms with E-state index in [4.69, 9.17) is 11.4 Å². The highest BCUT2D eigenvalue weighted by molar-refractivity contribution is 5.95. The van der Waals surface area contributed by atoms with E-state index in [2.05, 4.69) is 160 Å². The minimum atomic E-state index is 0.0929. The summed E-state index contributed by atoms with van der Waals surface area (Å²) in [6, 6.07) is 21.6. The van der Waals surface area contributed by atoms with Crippen molar-refractivity contribution in [3.63, 3.8) is 0 Å². The molecule has 1 atom stereocenters. The van der Waals surface area contributed by atoms with Crippen molar-refractivity contribution in [2.24, 2.45) is 0 Å². The first-order chi connectivity index (χ1) is 27.3. The zero-order chi connectivity index (χ0) is 40.0. The Labute approximate surface area is 335 Å². The Morgan fingerprint density at radius 2 is 1.75 bits per heavy atom. The van der Waals surface area contributed by atoms with Crippen LogP contribution in [0.3, 0.4) is 0 Å². The Hall–Kier alpha value is -6.69. The summed E-state index contributed by atoms with van der Waals surface area (Å²) in [5.74, 6) is 2.72. The lowest BCUT2D eigenvalue weighted by Crippen LogP contribution is -2.02. The third-order valence-electron chi connectivity index (χ3n) is 10.0. The van der Waals surface area contributed by atoms with Gasteiger partial charge in [-0.2, -0.15) is 0 Å². The van der Waals surface area contributed by atoms with Crippen LogP contribution >= 0.6 is 0 Å². The van der Waals surface area contributed by atoms with Gasteiger partial charge in [-0.1, -0.05) is 152 Å². The lowest BCUT2D eigenvalue weighted by molar-refractivity contribution is 0.917. The van der Waals surface area contributed by atoms with Gasteiger partial charge < -0.3 is 4.57 Å². The minimum Gasteiger partial charge on any atom is -0.310 e. The van der Waals surface area contributed by atoms with Gasteiger partial charge in [-0.3, -0.25) is 4.98 Å².